The monoisotopic (exact) mass is 269 g/mol. The van der Waals surface area contributed by atoms with Gasteiger partial charge in [-0.3, -0.25) is 4.68 Å². The molecule has 104 valence electrons. The average Bonchev–Trinajstić information content (AvgIpc) is 3.01. The minimum absolute atomic E-state index is 0.134. The highest BCUT2D eigenvalue weighted by molar-refractivity contribution is 5.81. The molecule has 1 N–H and O–H groups in total. The molecule has 0 amide bonds. The Morgan fingerprint density at radius 1 is 1.25 bits per heavy atom. The van der Waals surface area contributed by atoms with E-state index < -0.39 is 0 Å². The number of hydrogen-bond acceptors (Lipinski definition) is 3. The zero-order valence-electron chi connectivity index (χ0n) is 12.0. The molecular formula is C15H19N5. The van der Waals surface area contributed by atoms with Crippen LogP contribution in [0, 0.1) is 0 Å². The highest BCUT2D eigenvalue weighted by Gasteiger charge is 2.11. The number of nitrogens with one attached hydrogen (secondary N) is 1. The van der Waals surface area contributed by atoms with Crippen molar-refractivity contribution in [2.45, 2.75) is 19.5 Å². The minimum atomic E-state index is 0.134. The fourth-order valence-corrected chi connectivity index (χ4v) is 2.42. The summed E-state index contributed by atoms with van der Waals surface area (Å²) in [5.41, 5.74) is 2.52. The second-order valence-electron chi connectivity index (χ2n) is 5.13. The van der Waals surface area contributed by atoms with Crippen LogP contribution in [0.25, 0.3) is 10.9 Å². The van der Waals surface area contributed by atoms with Gasteiger partial charge >= 0.3 is 0 Å². The van der Waals surface area contributed by atoms with Gasteiger partial charge in [0, 0.05) is 31.9 Å². The van der Waals surface area contributed by atoms with Crippen molar-refractivity contribution in [1.82, 2.24) is 24.6 Å². The lowest BCUT2D eigenvalue weighted by molar-refractivity contribution is 0.530. The van der Waals surface area contributed by atoms with Gasteiger partial charge in [0.25, 0.3) is 0 Å². The smallest absolute Gasteiger partial charge is 0.167 e. The maximum atomic E-state index is 4.32. The first-order valence-corrected chi connectivity index (χ1v) is 6.77. The van der Waals surface area contributed by atoms with E-state index in [1.165, 1.54) is 16.6 Å². The molecule has 3 aromatic rings. The first-order valence-electron chi connectivity index (χ1n) is 6.77. The van der Waals surface area contributed by atoms with Gasteiger partial charge in [-0.2, -0.15) is 5.10 Å². The number of para-hydroxylation sites is 1. The molecule has 1 aromatic carbocycles. The normalized spacial score (nSPS) is 12.9. The van der Waals surface area contributed by atoms with E-state index in [4.69, 9.17) is 0 Å². The van der Waals surface area contributed by atoms with Crippen LogP contribution >= 0.6 is 0 Å². The van der Waals surface area contributed by atoms with Crippen LogP contribution < -0.4 is 5.32 Å². The van der Waals surface area contributed by atoms with Crippen LogP contribution in [0.4, 0.5) is 0 Å². The Morgan fingerprint density at radius 2 is 2.05 bits per heavy atom. The number of aromatic nitrogens is 4. The fourth-order valence-electron chi connectivity index (χ4n) is 2.42. The molecule has 1 atom stereocenters. The molecule has 3 rings (SSSR count). The van der Waals surface area contributed by atoms with Crippen LogP contribution in [-0.2, 0) is 20.6 Å². The number of aryl methyl sites for hydroxylation is 2. The molecule has 0 aliphatic heterocycles. The maximum Gasteiger partial charge on any atom is 0.167 e. The standard InChI is InChI=1S/C15H19N5/c1-11(15-17-10-19(2)18-15)16-9-13-8-12-6-4-5-7-14(12)20(13)3/h4-8,10-11,16H,9H2,1-3H3. The molecule has 0 saturated heterocycles. The van der Waals surface area contributed by atoms with Gasteiger partial charge in [-0.25, -0.2) is 4.98 Å². The Morgan fingerprint density at radius 3 is 2.75 bits per heavy atom. The molecule has 0 bridgehead atoms. The summed E-state index contributed by atoms with van der Waals surface area (Å²) in [5, 5.41) is 9.07. The van der Waals surface area contributed by atoms with Crippen molar-refractivity contribution in [2.24, 2.45) is 14.1 Å². The Hall–Kier alpha value is -2.14. The average molecular weight is 269 g/mol. The molecule has 5 heteroatoms. The lowest BCUT2D eigenvalue weighted by Gasteiger charge is -2.11. The van der Waals surface area contributed by atoms with E-state index in [0.29, 0.717) is 0 Å². The first kappa shape index (κ1) is 12.9. The second kappa shape index (κ2) is 5.09. The molecule has 0 fully saturated rings. The van der Waals surface area contributed by atoms with Crippen molar-refractivity contribution in [3.63, 3.8) is 0 Å². The van der Waals surface area contributed by atoms with Gasteiger partial charge < -0.3 is 9.88 Å². The van der Waals surface area contributed by atoms with Crippen LogP contribution in [0.5, 0.6) is 0 Å². The van der Waals surface area contributed by atoms with E-state index in [1.807, 2.05) is 7.05 Å². The van der Waals surface area contributed by atoms with Gasteiger partial charge in [0.2, 0.25) is 0 Å². The number of nitrogens with zero attached hydrogens (tertiary/aromatic N) is 4. The molecule has 5 nitrogen and oxygen atoms in total. The van der Waals surface area contributed by atoms with Gasteiger partial charge in [-0.1, -0.05) is 18.2 Å². The number of benzene rings is 1. The van der Waals surface area contributed by atoms with E-state index in [0.717, 1.165) is 12.4 Å². The predicted molar refractivity (Wildman–Crippen MR) is 79.2 cm³/mol. The summed E-state index contributed by atoms with van der Waals surface area (Å²) in [6.07, 6.45) is 1.73. The first-order chi connectivity index (χ1) is 9.65. The summed E-state index contributed by atoms with van der Waals surface area (Å²) in [4.78, 5) is 4.28. The Labute approximate surface area is 118 Å². The van der Waals surface area contributed by atoms with Crippen LogP contribution in [0.2, 0.25) is 0 Å². The third-order valence-electron chi connectivity index (χ3n) is 3.65. The Kier molecular flexibility index (Phi) is 3.28. The quantitative estimate of drug-likeness (QED) is 0.789. The molecule has 0 spiro atoms. The van der Waals surface area contributed by atoms with Crippen LogP contribution in [0.1, 0.15) is 24.5 Å². The summed E-state index contributed by atoms with van der Waals surface area (Å²) in [6.45, 7) is 2.88. The zero-order chi connectivity index (χ0) is 14.1. The van der Waals surface area contributed by atoms with Gasteiger partial charge in [0.15, 0.2) is 5.82 Å². The Bertz CT molecular complexity index is 725. The highest BCUT2D eigenvalue weighted by atomic mass is 15.3. The van der Waals surface area contributed by atoms with Crippen molar-refractivity contribution in [1.29, 1.82) is 0 Å². The van der Waals surface area contributed by atoms with E-state index in [1.54, 1.807) is 11.0 Å². The lowest BCUT2D eigenvalue weighted by atomic mass is 10.2. The van der Waals surface area contributed by atoms with Gasteiger partial charge in [0.1, 0.15) is 6.33 Å². The van der Waals surface area contributed by atoms with E-state index in [-0.39, 0.29) is 6.04 Å². The predicted octanol–water partition coefficient (Wildman–Crippen LogP) is 2.16. The van der Waals surface area contributed by atoms with E-state index in [2.05, 4.69) is 64.3 Å². The summed E-state index contributed by atoms with van der Waals surface area (Å²) < 4.78 is 3.95. The molecule has 1 unspecified atom stereocenters. The zero-order valence-corrected chi connectivity index (χ0v) is 12.0. The van der Waals surface area contributed by atoms with E-state index >= 15 is 0 Å². The molecular weight excluding hydrogens is 250 g/mol. The fraction of sp³-hybridized carbons (Fsp3) is 0.333. The van der Waals surface area contributed by atoms with Crippen molar-refractivity contribution in [3.8, 4) is 0 Å². The van der Waals surface area contributed by atoms with Gasteiger partial charge in [-0.05, 0) is 24.4 Å². The van der Waals surface area contributed by atoms with E-state index in [9.17, 15) is 0 Å². The number of rotatable bonds is 4. The summed E-state index contributed by atoms with van der Waals surface area (Å²) in [6, 6.07) is 10.8. The van der Waals surface area contributed by atoms with Gasteiger partial charge in [-0.15, -0.1) is 0 Å². The van der Waals surface area contributed by atoms with Gasteiger partial charge in [0.05, 0.1) is 6.04 Å². The summed E-state index contributed by atoms with van der Waals surface area (Å²) in [5.74, 6) is 0.825. The molecule has 0 radical (unpaired) electrons. The molecule has 0 saturated carbocycles. The largest absolute Gasteiger partial charge is 0.346 e. The topological polar surface area (TPSA) is 47.7 Å². The molecule has 2 heterocycles. The molecule has 0 aliphatic carbocycles. The van der Waals surface area contributed by atoms with Crippen molar-refractivity contribution in [3.05, 3.63) is 48.2 Å². The number of hydrogen-bond donors (Lipinski definition) is 1. The summed E-state index contributed by atoms with van der Waals surface area (Å²) in [7, 11) is 3.98. The Balaban J connectivity index is 1.75. The third kappa shape index (κ3) is 2.32. The SMILES string of the molecule is CC(NCc1cc2ccccc2n1C)c1ncn(C)n1. The second-order valence-corrected chi connectivity index (χ2v) is 5.13. The van der Waals surface area contributed by atoms with Crippen LogP contribution in [0.3, 0.4) is 0 Å². The summed E-state index contributed by atoms with van der Waals surface area (Å²) >= 11 is 0. The molecule has 20 heavy (non-hydrogen) atoms. The number of fused-ring (bicyclic) bond motifs is 1. The van der Waals surface area contributed by atoms with Crippen LogP contribution in [-0.4, -0.2) is 19.3 Å². The lowest BCUT2D eigenvalue weighted by Crippen LogP contribution is -2.20. The van der Waals surface area contributed by atoms with Crippen LogP contribution in [0.15, 0.2) is 36.7 Å². The highest BCUT2D eigenvalue weighted by Crippen LogP contribution is 2.18. The van der Waals surface area contributed by atoms with Crippen molar-refractivity contribution >= 4 is 10.9 Å². The minimum Gasteiger partial charge on any atom is -0.346 e. The third-order valence-corrected chi connectivity index (χ3v) is 3.65. The van der Waals surface area contributed by atoms with Crippen molar-refractivity contribution in [2.75, 3.05) is 0 Å². The maximum absolute atomic E-state index is 4.32. The van der Waals surface area contributed by atoms with Crippen molar-refractivity contribution < 1.29 is 0 Å². The molecule has 0 aliphatic rings. The molecule has 2 aromatic heterocycles.